The fourth-order valence-electron chi connectivity index (χ4n) is 2.01. The van der Waals surface area contributed by atoms with Crippen LogP contribution in [0.4, 0.5) is 0 Å². The van der Waals surface area contributed by atoms with Crippen LogP contribution < -0.4 is 0 Å². The van der Waals surface area contributed by atoms with Crippen molar-refractivity contribution in [2.45, 2.75) is 51.9 Å². The zero-order valence-electron chi connectivity index (χ0n) is 9.37. The lowest BCUT2D eigenvalue weighted by molar-refractivity contribution is -0.164. The van der Waals surface area contributed by atoms with Crippen LogP contribution in [0.2, 0.25) is 0 Å². The molecule has 0 radical (unpaired) electrons. The Kier molecular flexibility index (Phi) is 5.20. The Morgan fingerprint density at radius 1 is 1.36 bits per heavy atom. The SMILES string of the molecule is C=CC1CCC(OC(C)OCC)CC1. The molecule has 0 bridgehead atoms. The first-order valence-electron chi connectivity index (χ1n) is 5.65. The van der Waals surface area contributed by atoms with Crippen molar-refractivity contribution in [1.29, 1.82) is 0 Å². The van der Waals surface area contributed by atoms with Crippen LogP contribution in [0.15, 0.2) is 12.7 Å². The Balaban J connectivity index is 2.18. The molecule has 14 heavy (non-hydrogen) atoms. The summed E-state index contributed by atoms with van der Waals surface area (Å²) in [6, 6.07) is 0. The summed E-state index contributed by atoms with van der Waals surface area (Å²) in [4.78, 5) is 0. The molecule has 1 aliphatic carbocycles. The molecule has 0 spiro atoms. The Morgan fingerprint density at radius 2 is 2.00 bits per heavy atom. The molecule has 0 heterocycles. The monoisotopic (exact) mass is 198 g/mol. The van der Waals surface area contributed by atoms with Gasteiger partial charge in [-0.05, 0) is 45.4 Å². The normalized spacial score (nSPS) is 29.9. The standard InChI is InChI=1S/C12H22O2/c1-4-11-6-8-12(9-7-11)14-10(3)13-5-2/h4,10-12H,1,5-9H2,2-3H3. The second kappa shape index (κ2) is 6.20. The molecule has 0 amide bonds. The largest absolute Gasteiger partial charge is 0.353 e. The van der Waals surface area contributed by atoms with Crippen molar-refractivity contribution in [1.82, 2.24) is 0 Å². The van der Waals surface area contributed by atoms with Crippen LogP contribution in [-0.2, 0) is 9.47 Å². The molecule has 1 rings (SSSR count). The third-order valence-electron chi connectivity index (χ3n) is 2.84. The zero-order valence-corrected chi connectivity index (χ0v) is 9.37. The second-order valence-corrected chi connectivity index (χ2v) is 3.93. The molecule has 0 N–H and O–H groups in total. The highest BCUT2D eigenvalue weighted by Crippen LogP contribution is 2.27. The van der Waals surface area contributed by atoms with Gasteiger partial charge in [-0.3, -0.25) is 0 Å². The van der Waals surface area contributed by atoms with E-state index >= 15 is 0 Å². The van der Waals surface area contributed by atoms with E-state index in [-0.39, 0.29) is 6.29 Å². The number of hydrogen-bond acceptors (Lipinski definition) is 2. The van der Waals surface area contributed by atoms with E-state index in [0.29, 0.717) is 12.0 Å². The van der Waals surface area contributed by atoms with Gasteiger partial charge in [-0.15, -0.1) is 6.58 Å². The Morgan fingerprint density at radius 3 is 2.50 bits per heavy atom. The summed E-state index contributed by atoms with van der Waals surface area (Å²) >= 11 is 0. The van der Waals surface area contributed by atoms with Gasteiger partial charge >= 0.3 is 0 Å². The summed E-state index contributed by atoms with van der Waals surface area (Å²) in [6.07, 6.45) is 7.14. The third kappa shape index (κ3) is 3.81. The number of hydrogen-bond donors (Lipinski definition) is 0. The summed E-state index contributed by atoms with van der Waals surface area (Å²) in [5.74, 6) is 0.706. The van der Waals surface area contributed by atoms with Crippen molar-refractivity contribution in [2.24, 2.45) is 5.92 Å². The van der Waals surface area contributed by atoms with Crippen LogP contribution in [0.25, 0.3) is 0 Å². The molecule has 0 aliphatic heterocycles. The smallest absolute Gasteiger partial charge is 0.155 e. The van der Waals surface area contributed by atoms with E-state index in [2.05, 4.69) is 12.7 Å². The molecular formula is C12H22O2. The predicted octanol–water partition coefficient (Wildman–Crippen LogP) is 3.13. The lowest BCUT2D eigenvalue weighted by Gasteiger charge is -2.28. The highest BCUT2D eigenvalue weighted by molar-refractivity contribution is 4.84. The molecule has 0 saturated heterocycles. The van der Waals surface area contributed by atoms with E-state index in [1.807, 2.05) is 13.8 Å². The van der Waals surface area contributed by atoms with Crippen LogP contribution in [0.1, 0.15) is 39.5 Å². The van der Waals surface area contributed by atoms with Gasteiger partial charge in [0.2, 0.25) is 0 Å². The van der Waals surface area contributed by atoms with Gasteiger partial charge < -0.3 is 9.47 Å². The molecule has 2 heteroatoms. The summed E-state index contributed by atoms with van der Waals surface area (Å²) in [5, 5.41) is 0. The Bertz CT molecular complexity index is 160. The highest BCUT2D eigenvalue weighted by atomic mass is 16.7. The van der Waals surface area contributed by atoms with Crippen molar-refractivity contribution in [3.63, 3.8) is 0 Å². The molecular weight excluding hydrogens is 176 g/mol. The molecule has 0 aromatic rings. The van der Waals surface area contributed by atoms with Gasteiger partial charge in [0.1, 0.15) is 0 Å². The van der Waals surface area contributed by atoms with Gasteiger partial charge in [0, 0.05) is 6.61 Å². The predicted molar refractivity (Wildman–Crippen MR) is 58.1 cm³/mol. The van der Waals surface area contributed by atoms with E-state index in [0.717, 1.165) is 19.4 Å². The van der Waals surface area contributed by atoms with Crippen LogP contribution in [0.3, 0.4) is 0 Å². The van der Waals surface area contributed by atoms with Gasteiger partial charge in [0.25, 0.3) is 0 Å². The van der Waals surface area contributed by atoms with Crippen molar-refractivity contribution >= 4 is 0 Å². The van der Waals surface area contributed by atoms with Crippen LogP contribution in [-0.4, -0.2) is 19.0 Å². The number of rotatable bonds is 5. The highest BCUT2D eigenvalue weighted by Gasteiger charge is 2.21. The average Bonchev–Trinajstić information content (AvgIpc) is 2.19. The second-order valence-electron chi connectivity index (χ2n) is 3.93. The maximum atomic E-state index is 5.77. The van der Waals surface area contributed by atoms with Crippen LogP contribution >= 0.6 is 0 Å². The van der Waals surface area contributed by atoms with Gasteiger partial charge in [0.15, 0.2) is 6.29 Å². The van der Waals surface area contributed by atoms with E-state index < -0.39 is 0 Å². The minimum Gasteiger partial charge on any atom is -0.353 e. The zero-order chi connectivity index (χ0) is 10.4. The lowest BCUT2D eigenvalue weighted by Crippen LogP contribution is -2.26. The van der Waals surface area contributed by atoms with E-state index in [4.69, 9.17) is 9.47 Å². The topological polar surface area (TPSA) is 18.5 Å². The van der Waals surface area contributed by atoms with Crippen LogP contribution in [0, 0.1) is 5.92 Å². The molecule has 1 unspecified atom stereocenters. The Hall–Kier alpha value is -0.340. The first kappa shape index (κ1) is 11.7. The maximum absolute atomic E-state index is 5.77. The lowest BCUT2D eigenvalue weighted by atomic mass is 9.87. The maximum Gasteiger partial charge on any atom is 0.155 e. The van der Waals surface area contributed by atoms with Crippen molar-refractivity contribution < 1.29 is 9.47 Å². The molecule has 1 atom stereocenters. The molecule has 0 aromatic heterocycles. The van der Waals surface area contributed by atoms with Gasteiger partial charge in [-0.1, -0.05) is 6.08 Å². The minimum absolute atomic E-state index is 0.0507. The van der Waals surface area contributed by atoms with Gasteiger partial charge in [0.05, 0.1) is 6.10 Å². The Labute approximate surface area is 87.3 Å². The molecule has 1 saturated carbocycles. The van der Waals surface area contributed by atoms with Crippen molar-refractivity contribution in [3.05, 3.63) is 12.7 Å². The summed E-state index contributed by atoms with van der Waals surface area (Å²) < 4.78 is 11.1. The molecule has 1 aliphatic rings. The van der Waals surface area contributed by atoms with E-state index in [1.54, 1.807) is 0 Å². The van der Waals surface area contributed by atoms with Gasteiger partial charge in [-0.25, -0.2) is 0 Å². The quantitative estimate of drug-likeness (QED) is 0.499. The fraction of sp³-hybridized carbons (Fsp3) is 0.833. The average molecular weight is 198 g/mol. The first-order valence-corrected chi connectivity index (χ1v) is 5.65. The fourth-order valence-corrected chi connectivity index (χ4v) is 2.01. The first-order chi connectivity index (χ1) is 6.76. The molecule has 0 aromatic carbocycles. The number of allylic oxidation sites excluding steroid dienone is 1. The molecule has 1 fully saturated rings. The summed E-state index contributed by atoms with van der Waals surface area (Å²) in [6.45, 7) is 8.53. The van der Waals surface area contributed by atoms with E-state index in [1.165, 1.54) is 12.8 Å². The summed E-state index contributed by atoms with van der Waals surface area (Å²) in [7, 11) is 0. The minimum atomic E-state index is -0.0507. The van der Waals surface area contributed by atoms with E-state index in [9.17, 15) is 0 Å². The molecule has 82 valence electrons. The van der Waals surface area contributed by atoms with Gasteiger partial charge in [-0.2, -0.15) is 0 Å². The van der Waals surface area contributed by atoms with Crippen molar-refractivity contribution in [2.75, 3.05) is 6.61 Å². The van der Waals surface area contributed by atoms with Crippen LogP contribution in [0.5, 0.6) is 0 Å². The number of ether oxygens (including phenoxy) is 2. The summed E-state index contributed by atoms with van der Waals surface area (Å²) in [5.41, 5.74) is 0. The molecule has 2 nitrogen and oxygen atoms in total. The third-order valence-corrected chi connectivity index (χ3v) is 2.84. The van der Waals surface area contributed by atoms with Crippen molar-refractivity contribution in [3.8, 4) is 0 Å².